The molecule has 0 atom stereocenters. The first-order chi connectivity index (χ1) is 13.1. The lowest BCUT2D eigenvalue weighted by atomic mass is 10.1. The van der Waals surface area contributed by atoms with E-state index in [1.807, 2.05) is 54.8 Å². The van der Waals surface area contributed by atoms with Crippen molar-refractivity contribution in [3.05, 3.63) is 76.0 Å². The number of aryl methyl sites for hydroxylation is 1. The van der Waals surface area contributed by atoms with Crippen LogP contribution >= 0.6 is 11.3 Å². The Morgan fingerprint density at radius 3 is 2.48 bits per heavy atom. The Morgan fingerprint density at radius 2 is 1.74 bits per heavy atom. The number of hydrogen-bond acceptors (Lipinski definition) is 3. The summed E-state index contributed by atoms with van der Waals surface area (Å²) in [5.41, 5.74) is 4.27. The van der Waals surface area contributed by atoms with Gasteiger partial charge in [-0.2, -0.15) is 0 Å². The third kappa shape index (κ3) is 4.09. The maximum Gasteiger partial charge on any atom is 0.265 e. The van der Waals surface area contributed by atoms with Gasteiger partial charge in [0.1, 0.15) is 0 Å². The van der Waals surface area contributed by atoms with Gasteiger partial charge in [0, 0.05) is 17.3 Å². The lowest BCUT2D eigenvalue weighted by Crippen LogP contribution is -2.25. The standard InChI is InChI=1S/C22H20N2O2S/c1-14-7-8-16(21(25)23-18-9-10-18)11-19(14)24-22(26)20-12-17(13-27-20)15-5-3-2-4-6-15/h2-8,11-13,18H,9-10H2,1H3,(H,23,25)(H,24,26). The Balaban J connectivity index is 1.51. The van der Waals surface area contributed by atoms with Crippen molar-refractivity contribution in [2.45, 2.75) is 25.8 Å². The zero-order valence-corrected chi connectivity index (χ0v) is 15.8. The van der Waals surface area contributed by atoms with Crippen LogP contribution in [0.2, 0.25) is 0 Å². The summed E-state index contributed by atoms with van der Waals surface area (Å²) in [5, 5.41) is 7.90. The molecule has 0 radical (unpaired) electrons. The van der Waals surface area contributed by atoms with Crippen LogP contribution in [-0.4, -0.2) is 17.9 Å². The van der Waals surface area contributed by atoms with Gasteiger partial charge in [0.25, 0.3) is 11.8 Å². The summed E-state index contributed by atoms with van der Waals surface area (Å²) < 4.78 is 0. The topological polar surface area (TPSA) is 58.2 Å². The van der Waals surface area contributed by atoms with E-state index in [0.717, 1.165) is 29.5 Å². The first kappa shape index (κ1) is 17.5. The second-order valence-corrected chi connectivity index (χ2v) is 7.71. The maximum atomic E-state index is 12.7. The molecular formula is C22H20N2O2S. The molecule has 136 valence electrons. The van der Waals surface area contributed by atoms with Crippen LogP contribution in [0.4, 0.5) is 5.69 Å². The smallest absolute Gasteiger partial charge is 0.265 e. The Morgan fingerprint density at radius 1 is 0.963 bits per heavy atom. The molecule has 0 bridgehead atoms. The quantitative estimate of drug-likeness (QED) is 0.667. The van der Waals surface area contributed by atoms with Crippen molar-refractivity contribution in [3.8, 4) is 11.1 Å². The van der Waals surface area contributed by atoms with E-state index < -0.39 is 0 Å². The number of rotatable bonds is 5. The normalized spacial score (nSPS) is 13.2. The molecule has 3 aromatic rings. The number of anilines is 1. The molecule has 2 aromatic carbocycles. The molecule has 4 nitrogen and oxygen atoms in total. The van der Waals surface area contributed by atoms with Crippen molar-refractivity contribution in [2.75, 3.05) is 5.32 Å². The third-order valence-corrected chi connectivity index (χ3v) is 5.52. The molecule has 1 saturated carbocycles. The van der Waals surface area contributed by atoms with Gasteiger partial charge in [0.05, 0.1) is 4.88 Å². The number of benzene rings is 2. The van der Waals surface area contributed by atoms with Crippen molar-refractivity contribution >= 4 is 28.8 Å². The SMILES string of the molecule is Cc1ccc(C(=O)NC2CC2)cc1NC(=O)c1cc(-c2ccccc2)cs1. The monoisotopic (exact) mass is 376 g/mol. The van der Waals surface area contributed by atoms with Gasteiger partial charge in [0.2, 0.25) is 0 Å². The van der Waals surface area contributed by atoms with Crippen LogP contribution in [0.1, 0.15) is 38.4 Å². The van der Waals surface area contributed by atoms with Gasteiger partial charge >= 0.3 is 0 Å². The summed E-state index contributed by atoms with van der Waals surface area (Å²) in [7, 11) is 0. The average molecular weight is 376 g/mol. The Hall–Kier alpha value is -2.92. The summed E-state index contributed by atoms with van der Waals surface area (Å²) in [6.45, 7) is 1.92. The fourth-order valence-electron chi connectivity index (χ4n) is 2.82. The second kappa shape index (κ2) is 7.37. The zero-order chi connectivity index (χ0) is 18.8. The highest BCUT2D eigenvalue weighted by atomic mass is 32.1. The fourth-order valence-corrected chi connectivity index (χ4v) is 3.63. The highest BCUT2D eigenvalue weighted by Crippen LogP contribution is 2.27. The number of carbonyl (C=O) groups excluding carboxylic acids is 2. The van der Waals surface area contributed by atoms with Crippen LogP contribution in [-0.2, 0) is 0 Å². The van der Waals surface area contributed by atoms with E-state index in [0.29, 0.717) is 22.2 Å². The summed E-state index contributed by atoms with van der Waals surface area (Å²) >= 11 is 1.41. The number of carbonyl (C=O) groups is 2. The van der Waals surface area contributed by atoms with Crippen LogP contribution in [0.25, 0.3) is 11.1 Å². The minimum Gasteiger partial charge on any atom is -0.349 e. The Bertz CT molecular complexity index is 991. The predicted molar refractivity (Wildman–Crippen MR) is 109 cm³/mol. The maximum absolute atomic E-state index is 12.7. The van der Waals surface area contributed by atoms with Gasteiger partial charge < -0.3 is 10.6 Å². The minimum absolute atomic E-state index is 0.0875. The van der Waals surface area contributed by atoms with E-state index in [-0.39, 0.29) is 11.8 Å². The van der Waals surface area contributed by atoms with Crippen LogP contribution < -0.4 is 10.6 Å². The molecule has 1 aliphatic carbocycles. The Labute approximate surface area is 162 Å². The van der Waals surface area contributed by atoms with E-state index in [9.17, 15) is 9.59 Å². The molecule has 2 amide bonds. The third-order valence-electron chi connectivity index (χ3n) is 4.59. The molecule has 1 heterocycles. The van der Waals surface area contributed by atoms with E-state index in [2.05, 4.69) is 10.6 Å². The summed E-state index contributed by atoms with van der Waals surface area (Å²) in [6, 6.07) is 17.6. The van der Waals surface area contributed by atoms with E-state index >= 15 is 0 Å². The van der Waals surface area contributed by atoms with Crippen molar-refractivity contribution in [1.82, 2.24) is 5.32 Å². The molecular weight excluding hydrogens is 356 g/mol. The van der Waals surface area contributed by atoms with E-state index in [1.165, 1.54) is 11.3 Å². The summed E-state index contributed by atoms with van der Waals surface area (Å²) in [6.07, 6.45) is 2.09. The van der Waals surface area contributed by atoms with E-state index in [1.54, 1.807) is 12.1 Å². The lowest BCUT2D eigenvalue weighted by Gasteiger charge is -2.10. The van der Waals surface area contributed by atoms with Gasteiger partial charge in [0.15, 0.2) is 0 Å². The first-order valence-corrected chi connectivity index (χ1v) is 9.85. The molecule has 1 fully saturated rings. The van der Waals surface area contributed by atoms with Gasteiger partial charge in [-0.05, 0) is 60.0 Å². The number of thiophene rings is 1. The summed E-state index contributed by atoms with van der Waals surface area (Å²) in [5.74, 6) is -0.250. The number of nitrogens with one attached hydrogen (secondary N) is 2. The van der Waals surface area contributed by atoms with Crippen molar-refractivity contribution in [2.24, 2.45) is 0 Å². The molecule has 1 aliphatic rings. The van der Waals surface area contributed by atoms with Crippen molar-refractivity contribution in [1.29, 1.82) is 0 Å². The average Bonchev–Trinajstić information content (AvgIpc) is 3.35. The van der Waals surface area contributed by atoms with Crippen LogP contribution in [0.3, 0.4) is 0 Å². The van der Waals surface area contributed by atoms with Crippen molar-refractivity contribution in [3.63, 3.8) is 0 Å². The molecule has 2 N–H and O–H groups in total. The first-order valence-electron chi connectivity index (χ1n) is 8.97. The molecule has 0 aliphatic heterocycles. The lowest BCUT2D eigenvalue weighted by molar-refractivity contribution is 0.0949. The predicted octanol–water partition coefficient (Wildman–Crippen LogP) is 4.87. The van der Waals surface area contributed by atoms with Crippen LogP contribution in [0.5, 0.6) is 0 Å². The van der Waals surface area contributed by atoms with Gasteiger partial charge in [-0.1, -0.05) is 36.4 Å². The molecule has 0 spiro atoms. The Kier molecular flexibility index (Phi) is 4.77. The van der Waals surface area contributed by atoms with Crippen LogP contribution in [0, 0.1) is 6.92 Å². The van der Waals surface area contributed by atoms with Crippen LogP contribution in [0.15, 0.2) is 60.0 Å². The highest BCUT2D eigenvalue weighted by Gasteiger charge is 2.24. The molecule has 1 aromatic heterocycles. The fraction of sp³-hybridized carbons (Fsp3) is 0.182. The van der Waals surface area contributed by atoms with Gasteiger partial charge in [-0.25, -0.2) is 0 Å². The molecule has 0 unspecified atom stereocenters. The minimum atomic E-state index is -0.162. The van der Waals surface area contributed by atoms with Crippen molar-refractivity contribution < 1.29 is 9.59 Å². The number of amides is 2. The second-order valence-electron chi connectivity index (χ2n) is 6.80. The van der Waals surface area contributed by atoms with Gasteiger partial charge in [-0.3, -0.25) is 9.59 Å². The molecule has 5 heteroatoms. The number of hydrogen-bond donors (Lipinski definition) is 2. The van der Waals surface area contributed by atoms with Gasteiger partial charge in [-0.15, -0.1) is 11.3 Å². The molecule has 0 saturated heterocycles. The highest BCUT2D eigenvalue weighted by molar-refractivity contribution is 7.12. The zero-order valence-electron chi connectivity index (χ0n) is 15.0. The molecule has 4 rings (SSSR count). The van der Waals surface area contributed by atoms with E-state index in [4.69, 9.17) is 0 Å². The summed E-state index contributed by atoms with van der Waals surface area (Å²) in [4.78, 5) is 25.6. The largest absolute Gasteiger partial charge is 0.349 e. The molecule has 27 heavy (non-hydrogen) atoms.